The molecular weight excluding hydrogens is 332 g/mol. The molecule has 116 valence electrons. The van der Waals surface area contributed by atoms with Crippen molar-refractivity contribution in [1.29, 1.82) is 0 Å². The van der Waals surface area contributed by atoms with Crippen LogP contribution in [0.2, 0.25) is 0 Å². The van der Waals surface area contributed by atoms with Gasteiger partial charge in [0.05, 0.1) is 0 Å². The Balaban J connectivity index is 2.40. The molecule has 0 saturated heterocycles. The molecule has 1 atom stereocenters. The first kappa shape index (κ1) is 17.7. The summed E-state index contributed by atoms with van der Waals surface area (Å²) < 4.78 is 0.923. The van der Waals surface area contributed by atoms with Crippen molar-refractivity contribution in [2.24, 2.45) is 5.92 Å². The molecule has 1 aromatic carbocycles. The molecule has 0 unspecified atom stereocenters. The zero-order valence-corrected chi connectivity index (χ0v) is 14.2. The lowest BCUT2D eigenvalue weighted by Gasteiger charge is -2.15. The normalized spacial score (nSPS) is 11.8. The zero-order valence-electron chi connectivity index (χ0n) is 12.6. The van der Waals surface area contributed by atoms with Gasteiger partial charge < -0.3 is 10.6 Å². The SMILES string of the molecule is CCCC[C@@H](CC)CNC(=O)C(=O)Nc1ccc(Br)cc1. The number of hydrogen-bond donors (Lipinski definition) is 2. The quantitative estimate of drug-likeness (QED) is 0.733. The molecule has 0 radical (unpaired) electrons. The van der Waals surface area contributed by atoms with Crippen LogP contribution >= 0.6 is 15.9 Å². The van der Waals surface area contributed by atoms with E-state index >= 15 is 0 Å². The van der Waals surface area contributed by atoms with Gasteiger partial charge in [0.15, 0.2) is 0 Å². The Morgan fingerprint density at radius 1 is 1.14 bits per heavy atom. The highest BCUT2D eigenvalue weighted by Gasteiger charge is 2.15. The van der Waals surface area contributed by atoms with Gasteiger partial charge in [-0.2, -0.15) is 0 Å². The van der Waals surface area contributed by atoms with Gasteiger partial charge >= 0.3 is 11.8 Å². The molecule has 1 aromatic rings. The second-order valence-corrected chi connectivity index (χ2v) is 6.00. The van der Waals surface area contributed by atoms with Crippen LogP contribution < -0.4 is 10.6 Å². The van der Waals surface area contributed by atoms with Gasteiger partial charge in [0.1, 0.15) is 0 Å². The maximum Gasteiger partial charge on any atom is 0.313 e. The Bertz CT molecular complexity index is 460. The van der Waals surface area contributed by atoms with Crippen molar-refractivity contribution in [3.05, 3.63) is 28.7 Å². The third-order valence-corrected chi connectivity index (χ3v) is 3.93. The van der Waals surface area contributed by atoms with Crippen LogP contribution in [0, 0.1) is 5.92 Å². The molecule has 2 N–H and O–H groups in total. The number of rotatable bonds is 7. The summed E-state index contributed by atoms with van der Waals surface area (Å²) in [6.45, 7) is 4.81. The second-order valence-electron chi connectivity index (χ2n) is 5.09. The van der Waals surface area contributed by atoms with Gasteiger partial charge in [0, 0.05) is 16.7 Å². The average molecular weight is 355 g/mol. The summed E-state index contributed by atoms with van der Waals surface area (Å²) in [6, 6.07) is 7.10. The Morgan fingerprint density at radius 3 is 2.38 bits per heavy atom. The predicted molar refractivity (Wildman–Crippen MR) is 89.1 cm³/mol. The minimum Gasteiger partial charge on any atom is -0.348 e. The number of carbonyl (C=O) groups is 2. The number of benzene rings is 1. The van der Waals surface area contributed by atoms with E-state index in [4.69, 9.17) is 0 Å². The van der Waals surface area contributed by atoms with Crippen LogP contribution in [0.25, 0.3) is 0 Å². The number of hydrogen-bond acceptors (Lipinski definition) is 2. The van der Waals surface area contributed by atoms with E-state index < -0.39 is 11.8 Å². The molecule has 4 nitrogen and oxygen atoms in total. The summed E-state index contributed by atoms with van der Waals surface area (Å²) in [7, 11) is 0. The van der Waals surface area contributed by atoms with Crippen LogP contribution in [0.1, 0.15) is 39.5 Å². The summed E-state index contributed by atoms with van der Waals surface area (Å²) in [5.41, 5.74) is 0.608. The standard InChI is InChI=1S/C16H23BrN2O2/c1-3-5-6-12(4-2)11-18-15(20)16(21)19-14-9-7-13(17)8-10-14/h7-10,12H,3-6,11H2,1-2H3,(H,18,20)(H,19,21)/t12-/m1/s1. The van der Waals surface area contributed by atoms with Crippen molar-refractivity contribution >= 4 is 33.4 Å². The van der Waals surface area contributed by atoms with Crippen LogP contribution in [-0.4, -0.2) is 18.4 Å². The van der Waals surface area contributed by atoms with Crippen molar-refractivity contribution in [1.82, 2.24) is 5.32 Å². The van der Waals surface area contributed by atoms with E-state index in [1.807, 2.05) is 12.1 Å². The van der Waals surface area contributed by atoms with Gasteiger partial charge in [0.2, 0.25) is 0 Å². The molecule has 0 aliphatic carbocycles. The number of halogens is 1. The van der Waals surface area contributed by atoms with E-state index in [2.05, 4.69) is 40.4 Å². The monoisotopic (exact) mass is 354 g/mol. The van der Waals surface area contributed by atoms with E-state index in [-0.39, 0.29) is 0 Å². The van der Waals surface area contributed by atoms with Crippen LogP contribution in [0.5, 0.6) is 0 Å². The lowest BCUT2D eigenvalue weighted by atomic mass is 9.99. The van der Waals surface area contributed by atoms with Crippen molar-refractivity contribution in [3.8, 4) is 0 Å². The van der Waals surface area contributed by atoms with Crippen molar-refractivity contribution < 1.29 is 9.59 Å². The largest absolute Gasteiger partial charge is 0.348 e. The molecule has 2 amide bonds. The Labute approximate surface area is 134 Å². The van der Waals surface area contributed by atoms with Gasteiger partial charge in [-0.25, -0.2) is 0 Å². The van der Waals surface area contributed by atoms with Crippen LogP contribution in [0.4, 0.5) is 5.69 Å². The molecule has 5 heteroatoms. The van der Waals surface area contributed by atoms with Gasteiger partial charge in [-0.15, -0.1) is 0 Å². The van der Waals surface area contributed by atoms with E-state index in [0.29, 0.717) is 18.2 Å². The molecule has 0 saturated carbocycles. The lowest BCUT2D eigenvalue weighted by Crippen LogP contribution is -2.38. The smallest absolute Gasteiger partial charge is 0.313 e. The average Bonchev–Trinajstić information content (AvgIpc) is 2.49. The highest BCUT2D eigenvalue weighted by Crippen LogP contribution is 2.14. The number of nitrogens with one attached hydrogen (secondary N) is 2. The maximum absolute atomic E-state index is 11.8. The molecular formula is C16H23BrN2O2. The molecule has 0 heterocycles. The highest BCUT2D eigenvalue weighted by atomic mass is 79.9. The first-order valence-electron chi connectivity index (χ1n) is 7.41. The van der Waals surface area contributed by atoms with Gasteiger partial charge in [-0.05, 0) is 36.6 Å². The molecule has 0 bridgehead atoms. The first-order chi connectivity index (χ1) is 10.1. The molecule has 1 rings (SSSR count). The Kier molecular flexibility index (Phi) is 8.05. The number of anilines is 1. The van der Waals surface area contributed by atoms with Crippen molar-refractivity contribution in [3.63, 3.8) is 0 Å². The Hall–Kier alpha value is -1.36. The molecule has 0 spiro atoms. The molecule has 0 aromatic heterocycles. The fourth-order valence-electron chi connectivity index (χ4n) is 1.98. The second kappa shape index (κ2) is 9.55. The van der Waals surface area contributed by atoms with Crippen LogP contribution in [0.15, 0.2) is 28.7 Å². The fraction of sp³-hybridized carbons (Fsp3) is 0.500. The molecule has 21 heavy (non-hydrogen) atoms. The van der Waals surface area contributed by atoms with Crippen LogP contribution in [-0.2, 0) is 9.59 Å². The number of unbranched alkanes of at least 4 members (excludes halogenated alkanes) is 1. The lowest BCUT2D eigenvalue weighted by molar-refractivity contribution is -0.136. The summed E-state index contributed by atoms with van der Waals surface area (Å²) >= 11 is 3.32. The van der Waals surface area contributed by atoms with Gasteiger partial charge in [-0.3, -0.25) is 9.59 Å². The summed E-state index contributed by atoms with van der Waals surface area (Å²) in [5, 5.41) is 5.30. The summed E-state index contributed by atoms with van der Waals surface area (Å²) in [6.07, 6.45) is 4.39. The first-order valence-corrected chi connectivity index (χ1v) is 8.20. The minimum absolute atomic E-state index is 0.439. The number of amides is 2. The molecule has 0 aliphatic rings. The van der Waals surface area contributed by atoms with E-state index in [0.717, 1.165) is 30.2 Å². The number of carbonyl (C=O) groups excluding carboxylic acids is 2. The van der Waals surface area contributed by atoms with E-state index in [9.17, 15) is 9.59 Å². The minimum atomic E-state index is -0.623. The fourth-order valence-corrected chi connectivity index (χ4v) is 2.25. The highest BCUT2D eigenvalue weighted by molar-refractivity contribution is 9.10. The zero-order chi connectivity index (χ0) is 15.7. The molecule has 0 fully saturated rings. The predicted octanol–water partition coefficient (Wildman–Crippen LogP) is 3.72. The third kappa shape index (κ3) is 6.76. The molecule has 0 aliphatic heterocycles. The summed E-state index contributed by atoms with van der Waals surface area (Å²) in [5.74, 6) is -0.759. The van der Waals surface area contributed by atoms with Crippen LogP contribution in [0.3, 0.4) is 0 Å². The summed E-state index contributed by atoms with van der Waals surface area (Å²) in [4.78, 5) is 23.6. The van der Waals surface area contributed by atoms with Crippen molar-refractivity contribution in [2.45, 2.75) is 39.5 Å². The third-order valence-electron chi connectivity index (χ3n) is 3.40. The Morgan fingerprint density at radius 2 is 1.81 bits per heavy atom. The maximum atomic E-state index is 11.8. The van der Waals surface area contributed by atoms with E-state index in [1.165, 1.54) is 0 Å². The van der Waals surface area contributed by atoms with E-state index in [1.54, 1.807) is 12.1 Å². The van der Waals surface area contributed by atoms with Crippen molar-refractivity contribution in [2.75, 3.05) is 11.9 Å². The van der Waals surface area contributed by atoms with Gasteiger partial charge in [-0.1, -0.05) is 49.0 Å². The topological polar surface area (TPSA) is 58.2 Å². The van der Waals surface area contributed by atoms with Gasteiger partial charge in [0.25, 0.3) is 0 Å².